The van der Waals surface area contributed by atoms with Gasteiger partial charge < -0.3 is 10.0 Å². The largest absolute Gasteiger partial charge is 0.395 e. The normalized spacial score (nSPS) is 10.6. The van der Waals surface area contributed by atoms with E-state index in [-0.39, 0.29) is 19.1 Å². The molecule has 0 spiro atoms. The number of benzene rings is 1. The van der Waals surface area contributed by atoms with Crippen LogP contribution in [0.1, 0.15) is 9.67 Å². The molecule has 1 aromatic heterocycles. The Balaban J connectivity index is 2.24. The molecule has 2 aromatic rings. The molecule has 0 unspecified atom stereocenters. The molecule has 1 amide bonds. The number of aliphatic hydroxyl groups excluding tert-OH is 1. The van der Waals surface area contributed by atoms with Crippen molar-refractivity contribution in [1.29, 1.82) is 0 Å². The first-order valence-corrected chi connectivity index (χ1v) is 6.62. The molecule has 0 saturated heterocycles. The summed E-state index contributed by atoms with van der Waals surface area (Å²) in [5.74, 6) is -2.15. The highest BCUT2D eigenvalue weighted by Gasteiger charge is 2.16. The van der Waals surface area contributed by atoms with E-state index in [1.165, 1.54) is 17.2 Å². The summed E-state index contributed by atoms with van der Waals surface area (Å²) in [5.41, 5.74) is 0.415. The molecule has 106 valence electrons. The van der Waals surface area contributed by atoms with Crippen LogP contribution >= 0.6 is 11.3 Å². The third-order valence-electron chi connectivity index (χ3n) is 2.67. The van der Waals surface area contributed by atoms with Gasteiger partial charge in [0.15, 0.2) is 11.6 Å². The van der Waals surface area contributed by atoms with Crippen LogP contribution in [0.3, 0.4) is 0 Å². The molecule has 0 aliphatic rings. The summed E-state index contributed by atoms with van der Waals surface area (Å²) in [4.78, 5) is 17.7. The highest BCUT2D eigenvalue weighted by Crippen LogP contribution is 2.27. The lowest BCUT2D eigenvalue weighted by Gasteiger charge is -2.13. The average molecular weight is 298 g/mol. The fraction of sp³-hybridized carbons (Fsp3) is 0.231. The van der Waals surface area contributed by atoms with Crippen LogP contribution in [-0.2, 0) is 0 Å². The zero-order chi connectivity index (χ0) is 14.7. The second kappa shape index (κ2) is 6.06. The minimum absolute atomic E-state index is 0.128. The minimum atomic E-state index is -0.956. The molecule has 1 N–H and O–H groups in total. The summed E-state index contributed by atoms with van der Waals surface area (Å²) in [7, 11) is 1.56. The van der Waals surface area contributed by atoms with E-state index in [4.69, 9.17) is 5.11 Å². The van der Waals surface area contributed by atoms with E-state index in [9.17, 15) is 13.6 Å². The molecule has 7 heteroatoms. The molecule has 4 nitrogen and oxygen atoms in total. The van der Waals surface area contributed by atoms with Crippen LogP contribution in [0.15, 0.2) is 24.4 Å². The Labute approximate surface area is 118 Å². The van der Waals surface area contributed by atoms with Gasteiger partial charge in [0, 0.05) is 19.2 Å². The van der Waals surface area contributed by atoms with Gasteiger partial charge in [-0.15, -0.1) is 11.3 Å². The van der Waals surface area contributed by atoms with Gasteiger partial charge in [0.2, 0.25) is 0 Å². The predicted molar refractivity (Wildman–Crippen MR) is 71.5 cm³/mol. The summed E-state index contributed by atoms with van der Waals surface area (Å²) in [5, 5.41) is 9.22. The third-order valence-corrected chi connectivity index (χ3v) is 3.70. The van der Waals surface area contributed by atoms with E-state index in [2.05, 4.69) is 4.98 Å². The number of nitrogens with zero attached hydrogens (tertiary/aromatic N) is 2. The number of rotatable bonds is 4. The number of carbonyl (C=O) groups is 1. The second-order valence-corrected chi connectivity index (χ2v) is 5.14. The molecule has 0 bridgehead atoms. The number of amides is 1. The van der Waals surface area contributed by atoms with Gasteiger partial charge in [0.25, 0.3) is 5.91 Å². The summed E-state index contributed by atoms with van der Waals surface area (Å²) >= 11 is 1.09. The number of thiazole rings is 1. The monoisotopic (exact) mass is 298 g/mol. The number of halogens is 2. The first-order chi connectivity index (χ1) is 9.52. The fourth-order valence-corrected chi connectivity index (χ4v) is 2.48. The van der Waals surface area contributed by atoms with Crippen molar-refractivity contribution in [2.75, 3.05) is 20.2 Å². The number of hydrogen-bond donors (Lipinski definition) is 1. The van der Waals surface area contributed by atoms with Gasteiger partial charge in [-0.3, -0.25) is 4.79 Å². The average Bonchev–Trinajstić information content (AvgIpc) is 2.91. The van der Waals surface area contributed by atoms with E-state index in [1.54, 1.807) is 7.05 Å². The van der Waals surface area contributed by atoms with Crippen molar-refractivity contribution in [2.24, 2.45) is 0 Å². The molecule has 1 aromatic carbocycles. The van der Waals surface area contributed by atoms with Gasteiger partial charge in [-0.25, -0.2) is 13.8 Å². The van der Waals surface area contributed by atoms with Crippen molar-refractivity contribution in [3.63, 3.8) is 0 Å². The Morgan fingerprint density at radius 3 is 2.80 bits per heavy atom. The Morgan fingerprint density at radius 2 is 2.15 bits per heavy atom. The lowest BCUT2D eigenvalue weighted by molar-refractivity contribution is 0.0771. The Morgan fingerprint density at radius 1 is 1.40 bits per heavy atom. The van der Waals surface area contributed by atoms with Crippen molar-refractivity contribution in [3.8, 4) is 10.6 Å². The number of aromatic nitrogens is 1. The Bertz CT molecular complexity index is 631. The highest BCUT2D eigenvalue weighted by atomic mass is 32.1. The highest BCUT2D eigenvalue weighted by molar-refractivity contribution is 7.16. The molecule has 2 rings (SSSR count). The van der Waals surface area contributed by atoms with Crippen LogP contribution < -0.4 is 0 Å². The lowest BCUT2D eigenvalue weighted by atomic mass is 10.2. The molecule has 20 heavy (non-hydrogen) atoms. The topological polar surface area (TPSA) is 53.4 Å². The molecule has 0 atom stereocenters. The van der Waals surface area contributed by atoms with Crippen LogP contribution in [-0.4, -0.2) is 41.1 Å². The first kappa shape index (κ1) is 14.5. The summed E-state index contributed by atoms with van der Waals surface area (Å²) in [6.45, 7) is 0.0916. The number of carbonyl (C=O) groups excluding carboxylic acids is 1. The lowest BCUT2D eigenvalue weighted by Crippen LogP contribution is -2.28. The summed E-state index contributed by atoms with van der Waals surface area (Å²) in [6.07, 6.45) is 1.39. The van der Waals surface area contributed by atoms with Crippen LogP contribution in [0.25, 0.3) is 10.6 Å². The van der Waals surface area contributed by atoms with Crippen LogP contribution in [0, 0.1) is 11.6 Å². The molecule has 0 fully saturated rings. The van der Waals surface area contributed by atoms with Crippen molar-refractivity contribution in [2.45, 2.75) is 0 Å². The van der Waals surface area contributed by atoms with Gasteiger partial charge in [-0.05, 0) is 18.2 Å². The van der Waals surface area contributed by atoms with Gasteiger partial charge in [0.05, 0.1) is 12.8 Å². The number of likely N-dealkylation sites (N-methyl/N-ethyl adjacent to an activating group) is 1. The maximum atomic E-state index is 13.2. The predicted octanol–water partition coefficient (Wildman–Crippen LogP) is 2.15. The molecular weight excluding hydrogens is 286 g/mol. The molecule has 0 aliphatic carbocycles. The van der Waals surface area contributed by atoms with E-state index < -0.39 is 11.6 Å². The van der Waals surface area contributed by atoms with Crippen molar-refractivity contribution >= 4 is 17.2 Å². The van der Waals surface area contributed by atoms with E-state index >= 15 is 0 Å². The summed E-state index contributed by atoms with van der Waals surface area (Å²) in [6, 6.07) is 3.47. The maximum Gasteiger partial charge on any atom is 0.265 e. The van der Waals surface area contributed by atoms with Crippen LogP contribution in [0.4, 0.5) is 8.78 Å². The summed E-state index contributed by atoms with van der Waals surface area (Å²) < 4.78 is 26.0. The van der Waals surface area contributed by atoms with E-state index in [0.29, 0.717) is 15.4 Å². The fourth-order valence-electron chi connectivity index (χ4n) is 1.58. The molecule has 0 saturated carbocycles. The zero-order valence-corrected chi connectivity index (χ0v) is 11.5. The van der Waals surface area contributed by atoms with Gasteiger partial charge in [-0.2, -0.15) is 0 Å². The van der Waals surface area contributed by atoms with Crippen LogP contribution in [0.2, 0.25) is 0 Å². The van der Waals surface area contributed by atoms with Crippen LogP contribution in [0.5, 0.6) is 0 Å². The third kappa shape index (κ3) is 3.00. The SMILES string of the molecule is CN(CCO)C(=O)c1cnc(-c2ccc(F)c(F)c2)s1. The Hall–Kier alpha value is -1.86. The number of hydrogen-bond acceptors (Lipinski definition) is 4. The molecular formula is C13H12F2N2O2S. The van der Waals surface area contributed by atoms with E-state index in [0.717, 1.165) is 23.5 Å². The minimum Gasteiger partial charge on any atom is -0.395 e. The molecule has 0 radical (unpaired) electrons. The van der Waals surface area contributed by atoms with Crippen molar-refractivity contribution in [3.05, 3.63) is 40.9 Å². The Kier molecular flexibility index (Phi) is 4.41. The standard InChI is InChI=1S/C13H12F2N2O2S/c1-17(4-5-18)13(19)11-7-16-12(20-11)8-2-3-9(14)10(15)6-8/h2-3,6-7,18H,4-5H2,1H3. The molecule has 1 heterocycles. The van der Waals surface area contributed by atoms with E-state index in [1.807, 2.05) is 0 Å². The quantitative estimate of drug-likeness (QED) is 0.941. The smallest absolute Gasteiger partial charge is 0.265 e. The molecule has 0 aliphatic heterocycles. The van der Waals surface area contributed by atoms with Gasteiger partial charge in [-0.1, -0.05) is 0 Å². The van der Waals surface area contributed by atoms with Crippen molar-refractivity contribution < 1.29 is 18.7 Å². The second-order valence-electron chi connectivity index (χ2n) is 4.11. The number of aliphatic hydroxyl groups is 1. The maximum absolute atomic E-state index is 13.2. The van der Waals surface area contributed by atoms with Gasteiger partial charge >= 0.3 is 0 Å². The van der Waals surface area contributed by atoms with Crippen molar-refractivity contribution in [1.82, 2.24) is 9.88 Å². The zero-order valence-electron chi connectivity index (χ0n) is 10.6. The first-order valence-electron chi connectivity index (χ1n) is 5.80. The van der Waals surface area contributed by atoms with Gasteiger partial charge in [0.1, 0.15) is 9.88 Å².